The number of rotatable bonds is 4. The molecule has 1 heterocycles. The molecule has 0 aliphatic heterocycles. The van der Waals surface area contributed by atoms with E-state index in [-0.39, 0.29) is 5.97 Å². The molecule has 2 aromatic rings. The van der Waals surface area contributed by atoms with Crippen molar-refractivity contribution < 1.29 is 9.53 Å². The van der Waals surface area contributed by atoms with E-state index in [2.05, 4.69) is 15.8 Å². The Morgan fingerprint density at radius 1 is 1.20 bits per heavy atom. The van der Waals surface area contributed by atoms with Crippen molar-refractivity contribution in [3.8, 4) is 0 Å². The van der Waals surface area contributed by atoms with Crippen molar-refractivity contribution >= 4 is 16.9 Å². The van der Waals surface area contributed by atoms with Gasteiger partial charge < -0.3 is 9.75 Å². The van der Waals surface area contributed by atoms with E-state index in [0.29, 0.717) is 17.6 Å². The van der Waals surface area contributed by atoms with Crippen LogP contribution in [-0.2, 0) is 4.74 Å². The Bertz CT molecular complexity index is 656. The first-order valence-corrected chi connectivity index (χ1v) is 7.26. The molecule has 2 aliphatic carbocycles. The van der Waals surface area contributed by atoms with E-state index in [0.717, 1.165) is 10.9 Å². The Balaban J connectivity index is 1.88. The average molecular weight is 270 g/mol. The van der Waals surface area contributed by atoms with Crippen molar-refractivity contribution in [3.05, 3.63) is 36.0 Å². The molecule has 0 atom stereocenters. The molecule has 1 aromatic heterocycles. The summed E-state index contributed by atoms with van der Waals surface area (Å²) in [5, 5.41) is 3.44. The molecule has 4 rings (SSSR count). The second-order valence-electron chi connectivity index (χ2n) is 5.74. The van der Waals surface area contributed by atoms with E-state index in [1.54, 1.807) is 0 Å². The summed E-state index contributed by atoms with van der Waals surface area (Å²) in [6.07, 6.45) is 6.99. The minimum absolute atomic E-state index is 0.258. The molecular formula is C16H18N2O2. The number of para-hydroxylation sites is 1. The lowest BCUT2D eigenvalue weighted by Crippen LogP contribution is -2.38. The van der Waals surface area contributed by atoms with E-state index in [9.17, 15) is 4.79 Å². The lowest BCUT2D eigenvalue weighted by Gasteiger charge is -2.26. The van der Waals surface area contributed by atoms with Gasteiger partial charge in [0.1, 0.15) is 0 Å². The van der Waals surface area contributed by atoms with Crippen molar-refractivity contribution in [1.29, 1.82) is 0 Å². The first-order chi connectivity index (χ1) is 9.79. The van der Waals surface area contributed by atoms with Crippen LogP contribution in [0.15, 0.2) is 30.5 Å². The number of hydrogen-bond donors (Lipinski definition) is 0. The van der Waals surface area contributed by atoms with Gasteiger partial charge in [-0.1, -0.05) is 18.2 Å². The zero-order valence-corrected chi connectivity index (χ0v) is 11.6. The van der Waals surface area contributed by atoms with Crippen LogP contribution in [-0.4, -0.2) is 29.8 Å². The molecule has 0 spiro atoms. The molecule has 0 unspecified atom stereocenters. The van der Waals surface area contributed by atoms with E-state index in [4.69, 9.17) is 4.74 Å². The highest BCUT2D eigenvalue weighted by atomic mass is 16.5. The topological polar surface area (TPSA) is 34.5 Å². The summed E-state index contributed by atoms with van der Waals surface area (Å²) in [5.41, 5.74) is 1.76. The zero-order chi connectivity index (χ0) is 13.7. The third-order valence-corrected chi connectivity index (χ3v) is 4.19. The lowest BCUT2D eigenvalue weighted by molar-refractivity contribution is 0.0602. The van der Waals surface area contributed by atoms with Crippen LogP contribution in [0.25, 0.3) is 10.9 Å². The summed E-state index contributed by atoms with van der Waals surface area (Å²) >= 11 is 0. The smallest absolute Gasteiger partial charge is 0.340 e. The van der Waals surface area contributed by atoms with Crippen molar-refractivity contribution in [2.75, 3.05) is 12.1 Å². The van der Waals surface area contributed by atoms with Crippen LogP contribution >= 0.6 is 0 Å². The summed E-state index contributed by atoms with van der Waals surface area (Å²) in [4.78, 5) is 12.0. The third kappa shape index (κ3) is 1.79. The van der Waals surface area contributed by atoms with Gasteiger partial charge in [0.15, 0.2) is 0 Å². The molecule has 0 saturated heterocycles. The lowest BCUT2D eigenvalue weighted by atomic mass is 10.2. The van der Waals surface area contributed by atoms with Gasteiger partial charge in [0.25, 0.3) is 0 Å². The van der Waals surface area contributed by atoms with Crippen LogP contribution in [0, 0.1) is 0 Å². The minimum atomic E-state index is -0.258. The molecule has 104 valence electrons. The van der Waals surface area contributed by atoms with Gasteiger partial charge in [0, 0.05) is 23.7 Å². The van der Waals surface area contributed by atoms with Crippen molar-refractivity contribution in [3.63, 3.8) is 0 Å². The van der Waals surface area contributed by atoms with Gasteiger partial charge >= 0.3 is 5.97 Å². The maximum absolute atomic E-state index is 12.0. The van der Waals surface area contributed by atoms with Crippen LogP contribution in [0.3, 0.4) is 0 Å². The standard InChI is InChI=1S/C16H18N2O2/c1-20-16(19)14-10-17(15-5-3-2-4-13(14)15)18(11-6-7-11)12-8-9-12/h2-5,10-12H,6-9H2,1H3. The summed E-state index contributed by atoms with van der Waals surface area (Å²) in [5.74, 6) is -0.258. The molecule has 2 saturated carbocycles. The van der Waals surface area contributed by atoms with Crippen molar-refractivity contribution in [2.45, 2.75) is 37.8 Å². The number of benzene rings is 1. The number of hydrogen-bond acceptors (Lipinski definition) is 3. The zero-order valence-electron chi connectivity index (χ0n) is 11.6. The largest absolute Gasteiger partial charge is 0.465 e. The normalized spacial score (nSPS) is 18.2. The monoisotopic (exact) mass is 270 g/mol. The van der Waals surface area contributed by atoms with E-state index < -0.39 is 0 Å². The van der Waals surface area contributed by atoms with E-state index in [1.807, 2.05) is 24.4 Å². The number of ether oxygens (including phenoxy) is 1. The molecule has 20 heavy (non-hydrogen) atoms. The molecule has 1 aromatic carbocycles. The Morgan fingerprint density at radius 3 is 2.45 bits per heavy atom. The van der Waals surface area contributed by atoms with Gasteiger partial charge in [0.2, 0.25) is 0 Å². The molecule has 0 amide bonds. The highest BCUT2D eigenvalue weighted by Crippen LogP contribution is 2.37. The maximum Gasteiger partial charge on any atom is 0.340 e. The SMILES string of the molecule is COC(=O)c1cn(N(C2CC2)C2CC2)c2ccccc12. The summed E-state index contributed by atoms with van der Waals surface area (Å²) in [7, 11) is 1.44. The van der Waals surface area contributed by atoms with Gasteiger partial charge in [-0.25, -0.2) is 4.79 Å². The van der Waals surface area contributed by atoms with Gasteiger partial charge in [-0.05, 0) is 31.7 Å². The molecule has 4 nitrogen and oxygen atoms in total. The Hall–Kier alpha value is -1.97. The highest BCUT2D eigenvalue weighted by Gasteiger charge is 2.40. The Labute approximate surface area is 117 Å². The van der Waals surface area contributed by atoms with Gasteiger partial charge in [-0.15, -0.1) is 0 Å². The molecule has 4 heteroatoms. The van der Waals surface area contributed by atoms with Crippen LogP contribution in [0.5, 0.6) is 0 Å². The molecule has 0 N–H and O–H groups in total. The molecule has 0 bridgehead atoms. The first kappa shape index (κ1) is 11.8. The quantitative estimate of drug-likeness (QED) is 0.801. The summed E-state index contributed by atoms with van der Waals surface area (Å²) in [6, 6.07) is 9.36. The number of carbonyl (C=O) groups excluding carboxylic acids is 1. The van der Waals surface area contributed by atoms with Crippen molar-refractivity contribution in [2.24, 2.45) is 0 Å². The van der Waals surface area contributed by atoms with E-state index in [1.165, 1.54) is 32.8 Å². The predicted octanol–water partition coefficient (Wildman–Crippen LogP) is 2.69. The number of aromatic nitrogens is 1. The van der Waals surface area contributed by atoms with Crippen LogP contribution in [0.4, 0.5) is 0 Å². The van der Waals surface area contributed by atoms with Crippen LogP contribution < -0.4 is 5.01 Å². The minimum Gasteiger partial charge on any atom is -0.465 e. The number of fused-ring (bicyclic) bond motifs is 1. The molecular weight excluding hydrogens is 252 g/mol. The second kappa shape index (κ2) is 4.27. The average Bonchev–Trinajstić information content (AvgIpc) is 3.38. The number of carbonyl (C=O) groups is 1. The summed E-state index contributed by atoms with van der Waals surface area (Å²) < 4.78 is 7.11. The third-order valence-electron chi connectivity index (χ3n) is 4.19. The number of methoxy groups -OCH3 is 1. The van der Waals surface area contributed by atoms with Gasteiger partial charge in [-0.2, -0.15) is 0 Å². The van der Waals surface area contributed by atoms with E-state index >= 15 is 0 Å². The Kier molecular flexibility index (Phi) is 2.52. The fourth-order valence-electron chi connectivity index (χ4n) is 2.95. The van der Waals surface area contributed by atoms with Gasteiger partial charge in [-0.3, -0.25) is 4.68 Å². The molecule has 0 radical (unpaired) electrons. The second-order valence-corrected chi connectivity index (χ2v) is 5.74. The maximum atomic E-state index is 12.0. The number of esters is 1. The summed E-state index contributed by atoms with van der Waals surface area (Å²) in [6.45, 7) is 0. The van der Waals surface area contributed by atoms with Crippen molar-refractivity contribution in [1.82, 2.24) is 4.68 Å². The number of nitrogens with zero attached hydrogens (tertiary/aromatic N) is 2. The van der Waals surface area contributed by atoms with Crippen LogP contribution in [0.2, 0.25) is 0 Å². The fraction of sp³-hybridized carbons (Fsp3) is 0.438. The predicted molar refractivity (Wildman–Crippen MR) is 77.5 cm³/mol. The van der Waals surface area contributed by atoms with Gasteiger partial charge in [0.05, 0.1) is 18.2 Å². The molecule has 2 aliphatic rings. The highest BCUT2D eigenvalue weighted by molar-refractivity contribution is 6.04. The first-order valence-electron chi connectivity index (χ1n) is 7.26. The van der Waals surface area contributed by atoms with Crippen LogP contribution in [0.1, 0.15) is 36.0 Å². The Morgan fingerprint density at radius 2 is 1.85 bits per heavy atom. The fourth-order valence-corrected chi connectivity index (χ4v) is 2.95. The molecule has 2 fully saturated rings.